The molecule has 0 unspecified atom stereocenters. The zero-order valence-electron chi connectivity index (χ0n) is 11.6. The van der Waals surface area contributed by atoms with E-state index in [4.69, 9.17) is 23.2 Å². The van der Waals surface area contributed by atoms with Crippen molar-refractivity contribution in [2.45, 2.75) is 24.7 Å². The third kappa shape index (κ3) is 3.90. The van der Waals surface area contributed by atoms with Crippen molar-refractivity contribution in [2.24, 2.45) is 0 Å². The first-order chi connectivity index (χ1) is 9.79. The predicted octanol–water partition coefficient (Wildman–Crippen LogP) is 4.92. The van der Waals surface area contributed by atoms with Gasteiger partial charge < -0.3 is 0 Å². The van der Waals surface area contributed by atoms with Crippen LogP contribution in [-0.4, -0.2) is 8.42 Å². The van der Waals surface area contributed by atoms with Crippen molar-refractivity contribution in [1.29, 1.82) is 0 Å². The molecule has 6 heteroatoms. The van der Waals surface area contributed by atoms with Crippen molar-refractivity contribution in [3.63, 3.8) is 0 Å². The summed E-state index contributed by atoms with van der Waals surface area (Å²) in [4.78, 5) is -0.0374. The number of benzene rings is 2. The highest BCUT2D eigenvalue weighted by atomic mass is 35.5. The predicted molar refractivity (Wildman–Crippen MR) is 87.8 cm³/mol. The van der Waals surface area contributed by atoms with Gasteiger partial charge in [0.15, 0.2) is 0 Å². The van der Waals surface area contributed by atoms with Gasteiger partial charge in [0.2, 0.25) is 0 Å². The van der Waals surface area contributed by atoms with Gasteiger partial charge in [0, 0.05) is 10.7 Å². The van der Waals surface area contributed by atoms with Gasteiger partial charge in [-0.2, -0.15) is 0 Å². The minimum absolute atomic E-state index is 0.0374. The summed E-state index contributed by atoms with van der Waals surface area (Å²) >= 11 is 11.8. The van der Waals surface area contributed by atoms with E-state index < -0.39 is 10.0 Å². The van der Waals surface area contributed by atoms with Gasteiger partial charge in [-0.15, -0.1) is 0 Å². The van der Waals surface area contributed by atoms with E-state index in [2.05, 4.69) is 18.6 Å². The lowest BCUT2D eigenvalue weighted by molar-refractivity contribution is 0.601. The Balaban J connectivity index is 2.31. The van der Waals surface area contributed by atoms with Crippen LogP contribution < -0.4 is 4.72 Å². The summed E-state index contributed by atoms with van der Waals surface area (Å²) in [6.07, 6.45) is 0. The van der Waals surface area contributed by atoms with E-state index in [9.17, 15) is 8.42 Å². The molecule has 1 N–H and O–H groups in total. The SMILES string of the molecule is CC(C)c1ccc(NS(=O)(=O)c2cc(Cl)ccc2Cl)cc1. The van der Waals surface area contributed by atoms with Crippen LogP contribution in [0.25, 0.3) is 0 Å². The number of anilines is 1. The summed E-state index contributed by atoms with van der Waals surface area (Å²) in [5, 5.41) is 0.445. The van der Waals surface area contributed by atoms with E-state index in [-0.39, 0.29) is 9.92 Å². The van der Waals surface area contributed by atoms with Gasteiger partial charge in [-0.3, -0.25) is 4.72 Å². The molecule has 0 atom stereocenters. The van der Waals surface area contributed by atoms with Crippen molar-refractivity contribution >= 4 is 38.9 Å². The standard InChI is InChI=1S/C15H15Cl2NO2S/c1-10(2)11-3-6-13(7-4-11)18-21(19,20)15-9-12(16)5-8-14(15)17/h3-10,18H,1-2H3. The van der Waals surface area contributed by atoms with Gasteiger partial charge in [-0.05, 0) is 41.8 Å². The molecule has 112 valence electrons. The van der Waals surface area contributed by atoms with E-state index in [0.717, 1.165) is 5.56 Å². The van der Waals surface area contributed by atoms with Gasteiger partial charge in [0.25, 0.3) is 10.0 Å². The molecule has 2 aromatic rings. The largest absolute Gasteiger partial charge is 0.280 e. The normalized spacial score (nSPS) is 11.7. The fraction of sp³-hybridized carbons (Fsp3) is 0.200. The number of rotatable bonds is 4. The topological polar surface area (TPSA) is 46.2 Å². The molecule has 2 rings (SSSR count). The van der Waals surface area contributed by atoms with Gasteiger partial charge in [-0.25, -0.2) is 8.42 Å². The van der Waals surface area contributed by atoms with Crippen LogP contribution in [0.2, 0.25) is 10.0 Å². The average Bonchev–Trinajstić information content (AvgIpc) is 2.41. The lowest BCUT2D eigenvalue weighted by atomic mass is 10.0. The molecule has 0 saturated heterocycles. The minimum atomic E-state index is -3.77. The first-order valence-corrected chi connectivity index (χ1v) is 8.61. The maximum atomic E-state index is 12.3. The Morgan fingerprint density at radius 1 is 1.00 bits per heavy atom. The summed E-state index contributed by atoms with van der Waals surface area (Å²) in [6, 6.07) is 11.6. The fourth-order valence-corrected chi connectivity index (χ4v) is 3.65. The van der Waals surface area contributed by atoms with Crippen molar-refractivity contribution in [3.05, 3.63) is 58.1 Å². The van der Waals surface area contributed by atoms with Crippen LogP contribution >= 0.6 is 23.2 Å². The quantitative estimate of drug-likeness (QED) is 0.856. The van der Waals surface area contributed by atoms with E-state index in [0.29, 0.717) is 16.6 Å². The van der Waals surface area contributed by atoms with Crippen LogP contribution in [0.3, 0.4) is 0 Å². The molecule has 0 radical (unpaired) electrons. The summed E-state index contributed by atoms with van der Waals surface area (Å²) in [6.45, 7) is 4.15. The molecule has 0 saturated carbocycles. The Kier molecular flexibility index (Phi) is 4.81. The molecule has 0 amide bonds. The maximum absolute atomic E-state index is 12.3. The zero-order chi connectivity index (χ0) is 15.6. The molecule has 0 heterocycles. The molecule has 21 heavy (non-hydrogen) atoms. The Labute approximate surface area is 135 Å². The Bertz CT molecular complexity index is 741. The first kappa shape index (κ1) is 16.1. The van der Waals surface area contributed by atoms with Gasteiger partial charge >= 0.3 is 0 Å². The number of nitrogens with one attached hydrogen (secondary N) is 1. The number of hydrogen-bond acceptors (Lipinski definition) is 2. The van der Waals surface area contributed by atoms with Crippen molar-refractivity contribution in [3.8, 4) is 0 Å². The molecule has 0 aromatic heterocycles. The maximum Gasteiger partial charge on any atom is 0.263 e. The number of halogens is 2. The molecule has 3 nitrogen and oxygen atoms in total. The van der Waals surface area contributed by atoms with Gasteiger partial charge in [0.05, 0.1) is 5.02 Å². The summed E-state index contributed by atoms with van der Waals surface area (Å²) in [7, 11) is -3.77. The van der Waals surface area contributed by atoms with E-state index in [1.54, 1.807) is 18.2 Å². The van der Waals surface area contributed by atoms with Crippen LogP contribution in [0.4, 0.5) is 5.69 Å². The molecule has 0 bridgehead atoms. The molecule has 2 aromatic carbocycles. The minimum Gasteiger partial charge on any atom is -0.280 e. The number of hydrogen-bond donors (Lipinski definition) is 1. The number of sulfonamides is 1. The van der Waals surface area contributed by atoms with Crippen LogP contribution in [0.15, 0.2) is 47.4 Å². The molecule has 0 aliphatic heterocycles. The molecule has 0 spiro atoms. The lowest BCUT2D eigenvalue weighted by Crippen LogP contribution is -2.13. The molecule has 0 aliphatic carbocycles. The fourth-order valence-electron chi connectivity index (χ4n) is 1.83. The van der Waals surface area contributed by atoms with Crippen molar-refractivity contribution < 1.29 is 8.42 Å². The second-order valence-electron chi connectivity index (χ2n) is 4.96. The zero-order valence-corrected chi connectivity index (χ0v) is 13.9. The molecular formula is C15H15Cl2NO2S. The van der Waals surface area contributed by atoms with Crippen LogP contribution in [0.1, 0.15) is 25.3 Å². The first-order valence-electron chi connectivity index (χ1n) is 6.37. The highest BCUT2D eigenvalue weighted by Crippen LogP contribution is 2.27. The summed E-state index contributed by atoms with van der Waals surface area (Å²) in [5.41, 5.74) is 1.62. The van der Waals surface area contributed by atoms with E-state index in [1.165, 1.54) is 12.1 Å². The third-order valence-corrected chi connectivity index (χ3v) is 5.11. The Morgan fingerprint density at radius 2 is 1.62 bits per heavy atom. The highest BCUT2D eigenvalue weighted by molar-refractivity contribution is 7.92. The average molecular weight is 344 g/mol. The van der Waals surface area contributed by atoms with Crippen molar-refractivity contribution in [1.82, 2.24) is 0 Å². The van der Waals surface area contributed by atoms with Crippen LogP contribution in [0.5, 0.6) is 0 Å². The lowest BCUT2D eigenvalue weighted by Gasteiger charge is -2.11. The van der Waals surface area contributed by atoms with Crippen molar-refractivity contribution in [2.75, 3.05) is 4.72 Å². The van der Waals surface area contributed by atoms with Gasteiger partial charge in [-0.1, -0.05) is 49.2 Å². The second-order valence-corrected chi connectivity index (χ2v) is 7.45. The summed E-state index contributed by atoms with van der Waals surface area (Å²) in [5.74, 6) is 0.387. The van der Waals surface area contributed by atoms with Crippen LogP contribution in [-0.2, 0) is 10.0 Å². The Morgan fingerprint density at radius 3 is 2.19 bits per heavy atom. The van der Waals surface area contributed by atoms with E-state index in [1.807, 2.05) is 12.1 Å². The molecule has 0 fully saturated rings. The molecular weight excluding hydrogens is 329 g/mol. The smallest absolute Gasteiger partial charge is 0.263 e. The summed E-state index contributed by atoms with van der Waals surface area (Å²) < 4.78 is 27.2. The molecule has 0 aliphatic rings. The second kappa shape index (κ2) is 6.26. The Hall–Kier alpha value is -1.23. The van der Waals surface area contributed by atoms with E-state index >= 15 is 0 Å². The third-order valence-electron chi connectivity index (χ3n) is 3.01. The highest BCUT2D eigenvalue weighted by Gasteiger charge is 2.18. The van der Waals surface area contributed by atoms with Gasteiger partial charge in [0.1, 0.15) is 4.90 Å². The monoisotopic (exact) mass is 343 g/mol. The van der Waals surface area contributed by atoms with Crippen LogP contribution in [0, 0.1) is 0 Å².